The van der Waals surface area contributed by atoms with Gasteiger partial charge in [-0.1, -0.05) is 38.0 Å². The molecule has 0 amide bonds. The Morgan fingerprint density at radius 1 is 1.14 bits per heavy atom. The first-order valence-electron chi connectivity index (χ1n) is 8.25. The van der Waals surface area contributed by atoms with Gasteiger partial charge in [0.1, 0.15) is 0 Å². The van der Waals surface area contributed by atoms with Crippen LogP contribution in [0.3, 0.4) is 0 Å². The molecule has 1 aromatic heterocycles. The van der Waals surface area contributed by atoms with Gasteiger partial charge in [0.2, 0.25) is 0 Å². The maximum Gasteiger partial charge on any atom is 0.0943 e. The smallest absolute Gasteiger partial charge is 0.0943 e. The molecule has 1 fully saturated rings. The average Bonchev–Trinajstić information content (AvgIpc) is 3.01. The van der Waals surface area contributed by atoms with Crippen molar-refractivity contribution in [3.05, 3.63) is 47.8 Å². The van der Waals surface area contributed by atoms with E-state index in [1.54, 1.807) is 0 Å². The van der Waals surface area contributed by atoms with Gasteiger partial charge in [-0.05, 0) is 48.5 Å². The second-order valence-corrected chi connectivity index (χ2v) is 8.43. The summed E-state index contributed by atoms with van der Waals surface area (Å²) < 4.78 is 2.60. The molecule has 0 bridgehead atoms. The lowest BCUT2D eigenvalue weighted by molar-refractivity contribution is 0.715. The minimum Gasteiger partial charge on any atom is -0.240 e. The van der Waals surface area contributed by atoms with Crippen LogP contribution in [0.5, 0.6) is 0 Å². The van der Waals surface area contributed by atoms with E-state index in [-0.39, 0.29) is 0 Å². The molecule has 0 atom stereocenters. The molecule has 1 aliphatic heterocycles. The molecule has 0 spiro atoms. The van der Waals surface area contributed by atoms with Gasteiger partial charge in [0.15, 0.2) is 0 Å². The maximum absolute atomic E-state index is 4.96. The number of thioether (sulfide) groups is 2. The van der Waals surface area contributed by atoms with Crippen molar-refractivity contribution in [2.24, 2.45) is 0 Å². The van der Waals surface area contributed by atoms with Crippen LogP contribution in [0.15, 0.2) is 36.5 Å². The zero-order chi connectivity index (χ0) is 15.2. The van der Waals surface area contributed by atoms with E-state index in [2.05, 4.69) is 71.7 Å². The van der Waals surface area contributed by atoms with Crippen molar-refractivity contribution >= 4 is 23.5 Å². The van der Waals surface area contributed by atoms with Crippen LogP contribution in [0, 0.1) is 0 Å². The van der Waals surface area contributed by atoms with Gasteiger partial charge in [-0.3, -0.25) is 0 Å². The molecule has 4 heteroatoms. The lowest BCUT2D eigenvalue weighted by Gasteiger charge is -2.20. The zero-order valence-electron chi connectivity index (χ0n) is 13.2. The quantitative estimate of drug-likeness (QED) is 0.653. The van der Waals surface area contributed by atoms with Crippen LogP contribution in [0.1, 0.15) is 48.4 Å². The largest absolute Gasteiger partial charge is 0.240 e. The number of benzene rings is 1. The third kappa shape index (κ3) is 3.90. The SMILES string of the molecule is CCCCCc1cn(-c2ccccc2)nc1C1SCCCS1. The molecule has 0 aliphatic carbocycles. The third-order valence-electron chi connectivity index (χ3n) is 3.94. The fourth-order valence-corrected chi connectivity index (χ4v) is 5.65. The minimum atomic E-state index is 0.523. The molecular weight excluding hydrogens is 308 g/mol. The third-order valence-corrected chi connectivity index (χ3v) is 6.86. The number of nitrogens with zero attached hydrogens (tertiary/aromatic N) is 2. The monoisotopic (exact) mass is 332 g/mol. The molecule has 0 N–H and O–H groups in total. The summed E-state index contributed by atoms with van der Waals surface area (Å²) in [5, 5.41) is 4.96. The second-order valence-electron chi connectivity index (χ2n) is 5.70. The Kier molecular flexibility index (Phi) is 5.90. The summed E-state index contributed by atoms with van der Waals surface area (Å²) in [5.41, 5.74) is 3.93. The Morgan fingerprint density at radius 3 is 2.64 bits per heavy atom. The van der Waals surface area contributed by atoms with E-state index in [9.17, 15) is 0 Å². The first kappa shape index (κ1) is 16.0. The standard InChI is InChI=1S/C18H24N2S2/c1-2-3-5-9-15-14-20(16-10-6-4-7-11-16)19-17(15)18-21-12-8-13-22-18/h4,6-7,10-11,14,18H,2-3,5,8-9,12-13H2,1H3. The Balaban J connectivity index is 1.86. The molecule has 22 heavy (non-hydrogen) atoms. The van der Waals surface area contributed by atoms with Gasteiger partial charge in [-0.2, -0.15) is 5.10 Å². The van der Waals surface area contributed by atoms with Crippen LogP contribution in [-0.4, -0.2) is 21.3 Å². The molecule has 0 radical (unpaired) electrons. The highest BCUT2D eigenvalue weighted by molar-refractivity contribution is 8.16. The van der Waals surface area contributed by atoms with E-state index in [0.717, 1.165) is 12.1 Å². The molecule has 1 saturated heterocycles. The molecule has 0 saturated carbocycles. The van der Waals surface area contributed by atoms with Gasteiger partial charge in [-0.25, -0.2) is 4.68 Å². The molecule has 1 aromatic carbocycles. The van der Waals surface area contributed by atoms with Gasteiger partial charge < -0.3 is 0 Å². The van der Waals surface area contributed by atoms with Crippen molar-refractivity contribution in [3.8, 4) is 5.69 Å². The number of aryl methyl sites for hydroxylation is 1. The van der Waals surface area contributed by atoms with Crippen molar-refractivity contribution in [3.63, 3.8) is 0 Å². The highest BCUT2D eigenvalue weighted by Crippen LogP contribution is 2.44. The molecule has 3 rings (SSSR count). The first-order chi connectivity index (χ1) is 10.9. The Hall–Kier alpha value is -0.870. The molecular formula is C18H24N2S2. The maximum atomic E-state index is 4.96. The van der Waals surface area contributed by atoms with Gasteiger partial charge in [0, 0.05) is 6.20 Å². The summed E-state index contributed by atoms with van der Waals surface area (Å²) in [4.78, 5) is 0. The number of rotatable bonds is 6. The Morgan fingerprint density at radius 2 is 1.91 bits per heavy atom. The molecule has 2 nitrogen and oxygen atoms in total. The molecule has 118 valence electrons. The number of hydrogen-bond acceptors (Lipinski definition) is 3. The van der Waals surface area contributed by atoms with E-state index < -0.39 is 0 Å². The number of para-hydroxylation sites is 1. The lowest BCUT2D eigenvalue weighted by Crippen LogP contribution is -2.04. The number of aromatic nitrogens is 2. The fraction of sp³-hybridized carbons (Fsp3) is 0.500. The Labute approximate surface area is 142 Å². The normalized spacial score (nSPS) is 16.0. The number of unbranched alkanes of at least 4 members (excludes halogenated alkanes) is 2. The Bertz CT molecular complexity index is 574. The van der Waals surface area contributed by atoms with Crippen LogP contribution in [0.4, 0.5) is 0 Å². The van der Waals surface area contributed by atoms with E-state index in [4.69, 9.17) is 5.10 Å². The molecule has 2 heterocycles. The highest BCUT2D eigenvalue weighted by atomic mass is 32.2. The predicted molar refractivity (Wildman–Crippen MR) is 99.1 cm³/mol. The first-order valence-corrected chi connectivity index (χ1v) is 10.4. The minimum absolute atomic E-state index is 0.523. The number of hydrogen-bond donors (Lipinski definition) is 0. The topological polar surface area (TPSA) is 17.8 Å². The summed E-state index contributed by atoms with van der Waals surface area (Å²) in [5.74, 6) is 2.54. The van der Waals surface area contributed by atoms with Crippen LogP contribution >= 0.6 is 23.5 Å². The van der Waals surface area contributed by atoms with Gasteiger partial charge >= 0.3 is 0 Å². The molecule has 2 aromatic rings. The van der Waals surface area contributed by atoms with Gasteiger partial charge in [0.05, 0.1) is 16.0 Å². The summed E-state index contributed by atoms with van der Waals surface area (Å²) in [6.07, 6.45) is 8.60. The second kappa shape index (κ2) is 8.11. The van der Waals surface area contributed by atoms with Crippen LogP contribution in [0.2, 0.25) is 0 Å². The fourth-order valence-electron chi connectivity index (χ4n) is 2.74. The average molecular weight is 333 g/mol. The van der Waals surface area contributed by atoms with Crippen molar-refractivity contribution in [2.75, 3.05) is 11.5 Å². The van der Waals surface area contributed by atoms with E-state index in [1.165, 1.54) is 48.4 Å². The van der Waals surface area contributed by atoms with Crippen molar-refractivity contribution in [2.45, 2.75) is 43.6 Å². The summed E-state index contributed by atoms with van der Waals surface area (Å²) in [6, 6.07) is 10.5. The zero-order valence-corrected chi connectivity index (χ0v) is 14.8. The van der Waals surface area contributed by atoms with Gasteiger partial charge in [-0.15, -0.1) is 23.5 Å². The summed E-state index contributed by atoms with van der Waals surface area (Å²) in [6.45, 7) is 2.27. The lowest BCUT2D eigenvalue weighted by atomic mass is 10.1. The van der Waals surface area contributed by atoms with Crippen molar-refractivity contribution in [1.29, 1.82) is 0 Å². The summed E-state index contributed by atoms with van der Waals surface area (Å²) in [7, 11) is 0. The molecule has 1 aliphatic rings. The summed E-state index contributed by atoms with van der Waals surface area (Å²) >= 11 is 4.13. The van der Waals surface area contributed by atoms with Crippen molar-refractivity contribution in [1.82, 2.24) is 9.78 Å². The van der Waals surface area contributed by atoms with E-state index in [0.29, 0.717) is 4.58 Å². The van der Waals surface area contributed by atoms with E-state index in [1.807, 2.05) is 0 Å². The predicted octanol–water partition coefficient (Wildman–Crippen LogP) is 5.47. The van der Waals surface area contributed by atoms with Gasteiger partial charge in [0.25, 0.3) is 0 Å². The van der Waals surface area contributed by atoms with Crippen molar-refractivity contribution < 1.29 is 0 Å². The van der Waals surface area contributed by atoms with Crippen LogP contribution < -0.4 is 0 Å². The highest BCUT2D eigenvalue weighted by Gasteiger charge is 2.23. The van der Waals surface area contributed by atoms with Crippen LogP contribution in [0.25, 0.3) is 5.69 Å². The van der Waals surface area contributed by atoms with E-state index >= 15 is 0 Å². The van der Waals surface area contributed by atoms with Crippen LogP contribution in [-0.2, 0) is 6.42 Å². The molecule has 0 unspecified atom stereocenters.